The van der Waals surface area contributed by atoms with Gasteiger partial charge in [0.25, 0.3) is 0 Å². The molecule has 0 fully saturated rings. The number of aromatic nitrogens is 1. The Balaban J connectivity index is 1.94. The van der Waals surface area contributed by atoms with Crippen molar-refractivity contribution in [3.63, 3.8) is 0 Å². The number of carbonyl (C=O) groups is 1. The van der Waals surface area contributed by atoms with Gasteiger partial charge in [0, 0.05) is 30.4 Å². The second-order valence-electron chi connectivity index (χ2n) is 6.68. The van der Waals surface area contributed by atoms with Gasteiger partial charge in [0.05, 0.1) is 0 Å². The minimum absolute atomic E-state index is 0.0745. The van der Waals surface area contributed by atoms with Crippen LogP contribution in [-0.2, 0) is 4.79 Å². The lowest BCUT2D eigenvalue weighted by Gasteiger charge is -2.12. The summed E-state index contributed by atoms with van der Waals surface area (Å²) in [5.41, 5.74) is 13.1. The van der Waals surface area contributed by atoms with E-state index in [1.54, 1.807) is 0 Å². The van der Waals surface area contributed by atoms with Gasteiger partial charge in [-0.1, -0.05) is 18.2 Å². The standard InChI is InChI=1S/C22H25N3O/c1-14-12-20(17-4-5-21-18(13-17)6-8-24-21)15(2)10-19(14)11-16(3)22(26)25-9-7-23/h4-6,8,10-13,24H,7,9,23H2,1-3H3,(H,25,26)/b16-11+. The molecule has 0 radical (unpaired) electrons. The fourth-order valence-electron chi connectivity index (χ4n) is 3.15. The van der Waals surface area contributed by atoms with Gasteiger partial charge in [-0.2, -0.15) is 0 Å². The summed E-state index contributed by atoms with van der Waals surface area (Å²) < 4.78 is 0. The van der Waals surface area contributed by atoms with Gasteiger partial charge in [-0.05, 0) is 78.2 Å². The van der Waals surface area contributed by atoms with Crippen LogP contribution in [0.15, 0.2) is 48.2 Å². The molecule has 3 rings (SSSR count). The van der Waals surface area contributed by atoms with Crippen LogP contribution in [0.2, 0.25) is 0 Å². The van der Waals surface area contributed by atoms with Crippen molar-refractivity contribution in [2.45, 2.75) is 20.8 Å². The lowest BCUT2D eigenvalue weighted by atomic mass is 9.93. The molecule has 26 heavy (non-hydrogen) atoms. The third-order valence-electron chi connectivity index (χ3n) is 4.64. The van der Waals surface area contributed by atoms with E-state index < -0.39 is 0 Å². The number of hydrogen-bond donors (Lipinski definition) is 3. The fraction of sp³-hybridized carbons (Fsp3) is 0.227. The van der Waals surface area contributed by atoms with Crippen molar-refractivity contribution in [3.8, 4) is 11.1 Å². The third kappa shape index (κ3) is 3.70. The number of carbonyl (C=O) groups excluding carboxylic acids is 1. The highest BCUT2D eigenvalue weighted by molar-refractivity contribution is 5.97. The Morgan fingerprint density at radius 1 is 1.15 bits per heavy atom. The fourth-order valence-corrected chi connectivity index (χ4v) is 3.15. The monoisotopic (exact) mass is 347 g/mol. The molecule has 0 unspecified atom stereocenters. The van der Waals surface area contributed by atoms with Gasteiger partial charge in [0.1, 0.15) is 0 Å². The van der Waals surface area contributed by atoms with Crippen molar-refractivity contribution in [1.29, 1.82) is 0 Å². The molecule has 0 saturated carbocycles. The van der Waals surface area contributed by atoms with E-state index in [0.717, 1.165) is 16.6 Å². The Morgan fingerprint density at radius 2 is 1.96 bits per heavy atom. The number of rotatable bonds is 5. The zero-order chi connectivity index (χ0) is 18.7. The van der Waals surface area contributed by atoms with E-state index >= 15 is 0 Å². The van der Waals surface area contributed by atoms with Gasteiger partial charge in [0.2, 0.25) is 5.91 Å². The molecule has 1 heterocycles. The highest BCUT2D eigenvalue weighted by Gasteiger charge is 2.09. The molecule has 4 nitrogen and oxygen atoms in total. The van der Waals surface area contributed by atoms with Crippen LogP contribution in [0.1, 0.15) is 23.6 Å². The summed E-state index contributed by atoms with van der Waals surface area (Å²) >= 11 is 0. The predicted octanol–water partition coefficient (Wildman–Crippen LogP) is 3.93. The molecule has 4 N–H and O–H groups in total. The summed E-state index contributed by atoms with van der Waals surface area (Å²) in [4.78, 5) is 15.3. The molecule has 134 valence electrons. The smallest absolute Gasteiger partial charge is 0.246 e. The summed E-state index contributed by atoms with van der Waals surface area (Å²) in [6.07, 6.45) is 3.90. The van der Waals surface area contributed by atoms with Crippen LogP contribution in [0.25, 0.3) is 28.1 Å². The van der Waals surface area contributed by atoms with E-state index in [0.29, 0.717) is 18.7 Å². The van der Waals surface area contributed by atoms with Crippen molar-refractivity contribution in [3.05, 3.63) is 64.9 Å². The van der Waals surface area contributed by atoms with Crippen LogP contribution in [0, 0.1) is 13.8 Å². The molecule has 2 aromatic carbocycles. The maximum absolute atomic E-state index is 12.1. The number of nitrogens with two attached hydrogens (primary N) is 1. The Kier molecular flexibility index (Phi) is 5.24. The maximum Gasteiger partial charge on any atom is 0.246 e. The number of nitrogens with one attached hydrogen (secondary N) is 2. The quantitative estimate of drug-likeness (QED) is 0.612. The zero-order valence-electron chi connectivity index (χ0n) is 15.5. The molecule has 0 spiro atoms. The summed E-state index contributed by atoms with van der Waals surface area (Å²) in [5.74, 6) is -0.0745. The summed E-state index contributed by atoms with van der Waals surface area (Å²) in [6, 6.07) is 12.9. The zero-order valence-corrected chi connectivity index (χ0v) is 15.5. The Bertz CT molecular complexity index is 982. The lowest BCUT2D eigenvalue weighted by Crippen LogP contribution is -2.29. The molecular formula is C22H25N3O. The van der Waals surface area contributed by atoms with Gasteiger partial charge < -0.3 is 16.0 Å². The van der Waals surface area contributed by atoms with Crippen LogP contribution >= 0.6 is 0 Å². The van der Waals surface area contributed by atoms with E-state index in [9.17, 15) is 4.79 Å². The van der Waals surface area contributed by atoms with Gasteiger partial charge >= 0.3 is 0 Å². The highest BCUT2D eigenvalue weighted by atomic mass is 16.1. The van der Waals surface area contributed by atoms with Crippen LogP contribution in [-0.4, -0.2) is 24.0 Å². The second-order valence-corrected chi connectivity index (χ2v) is 6.68. The molecule has 0 bridgehead atoms. The van der Waals surface area contributed by atoms with Gasteiger partial charge in [-0.3, -0.25) is 4.79 Å². The molecule has 0 aliphatic rings. The van der Waals surface area contributed by atoms with Crippen LogP contribution in [0.5, 0.6) is 0 Å². The largest absolute Gasteiger partial charge is 0.361 e. The minimum Gasteiger partial charge on any atom is -0.361 e. The second kappa shape index (κ2) is 7.58. The molecule has 0 aliphatic heterocycles. The lowest BCUT2D eigenvalue weighted by molar-refractivity contribution is -0.117. The normalized spacial score (nSPS) is 11.8. The van der Waals surface area contributed by atoms with Crippen molar-refractivity contribution >= 4 is 22.9 Å². The molecule has 3 aromatic rings. The molecule has 0 saturated heterocycles. The Hall–Kier alpha value is -2.85. The summed E-state index contributed by atoms with van der Waals surface area (Å²) in [6.45, 7) is 6.94. The SMILES string of the molecule is C/C(=C\c1cc(C)c(-c2ccc3[nH]ccc3c2)cc1C)C(=O)NCCN. The first-order valence-corrected chi connectivity index (χ1v) is 8.85. The summed E-state index contributed by atoms with van der Waals surface area (Å²) in [7, 11) is 0. The Morgan fingerprint density at radius 3 is 2.73 bits per heavy atom. The number of H-pyrrole nitrogens is 1. The molecule has 1 aromatic heterocycles. The van der Waals surface area contributed by atoms with Crippen molar-refractivity contribution in [2.24, 2.45) is 5.73 Å². The first-order valence-electron chi connectivity index (χ1n) is 8.85. The molecule has 0 aliphatic carbocycles. The van der Waals surface area contributed by atoms with E-state index in [2.05, 4.69) is 60.5 Å². The van der Waals surface area contributed by atoms with Crippen molar-refractivity contribution in [2.75, 3.05) is 13.1 Å². The molecule has 0 atom stereocenters. The van der Waals surface area contributed by atoms with Gasteiger partial charge in [-0.15, -0.1) is 0 Å². The topological polar surface area (TPSA) is 70.9 Å². The van der Waals surface area contributed by atoms with Crippen LogP contribution < -0.4 is 11.1 Å². The van der Waals surface area contributed by atoms with E-state index in [1.807, 2.05) is 19.2 Å². The number of amides is 1. The minimum atomic E-state index is -0.0745. The first kappa shape index (κ1) is 18.0. The van der Waals surface area contributed by atoms with Crippen molar-refractivity contribution in [1.82, 2.24) is 10.3 Å². The van der Waals surface area contributed by atoms with Gasteiger partial charge in [-0.25, -0.2) is 0 Å². The average molecular weight is 347 g/mol. The van der Waals surface area contributed by atoms with E-state index in [-0.39, 0.29) is 5.91 Å². The number of aryl methyl sites for hydroxylation is 2. The number of hydrogen-bond acceptors (Lipinski definition) is 2. The maximum atomic E-state index is 12.1. The first-order chi connectivity index (χ1) is 12.5. The van der Waals surface area contributed by atoms with Crippen LogP contribution in [0.4, 0.5) is 0 Å². The van der Waals surface area contributed by atoms with E-state index in [1.165, 1.54) is 22.1 Å². The Labute approximate surface area is 154 Å². The van der Waals surface area contributed by atoms with E-state index in [4.69, 9.17) is 5.73 Å². The van der Waals surface area contributed by atoms with Crippen molar-refractivity contribution < 1.29 is 4.79 Å². The third-order valence-corrected chi connectivity index (χ3v) is 4.64. The molecule has 4 heteroatoms. The number of fused-ring (bicyclic) bond motifs is 1. The molecular weight excluding hydrogens is 322 g/mol. The molecule has 1 amide bonds. The predicted molar refractivity (Wildman–Crippen MR) is 109 cm³/mol. The average Bonchev–Trinajstić information content (AvgIpc) is 3.10. The number of aromatic amines is 1. The van der Waals surface area contributed by atoms with Gasteiger partial charge in [0.15, 0.2) is 0 Å². The summed E-state index contributed by atoms with van der Waals surface area (Å²) in [5, 5.41) is 4.01. The highest BCUT2D eigenvalue weighted by Crippen LogP contribution is 2.29. The van der Waals surface area contributed by atoms with Crippen LogP contribution in [0.3, 0.4) is 0 Å². The number of benzene rings is 2.